The van der Waals surface area contributed by atoms with Crippen molar-refractivity contribution in [1.29, 1.82) is 0 Å². The van der Waals surface area contributed by atoms with Crippen LogP contribution in [0.5, 0.6) is 11.5 Å². The van der Waals surface area contributed by atoms with E-state index in [0.717, 1.165) is 0 Å². The Morgan fingerprint density at radius 1 is 1.26 bits per heavy atom. The summed E-state index contributed by atoms with van der Waals surface area (Å²) in [6.07, 6.45) is 1.38. The van der Waals surface area contributed by atoms with E-state index in [1.807, 2.05) is 6.92 Å². The Morgan fingerprint density at radius 2 is 1.96 bits per heavy atom. The van der Waals surface area contributed by atoms with Crippen LogP contribution in [0.2, 0.25) is 0 Å². The Bertz CT molecular complexity index is 644. The van der Waals surface area contributed by atoms with Gasteiger partial charge in [-0.15, -0.1) is 0 Å². The molecule has 3 N–H and O–H groups in total. The number of aliphatic hydroxyl groups is 1. The Balaban J connectivity index is 1.92. The van der Waals surface area contributed by atoms with Gasteiger partial charge in [-0.3, -0.25) is 14.5 Å². The van der Waals surface area contributed by atoms with E-state index in [1.165, 1.54) is 0 Å². The SMILES string of the molecule is COc1ccc(OC)c(NC(=O)[C@H](C)N2CCC(C(=O)NCCO)CC2)c1. The minimum absolute atomic E-state index is 0.0260. The summed E-state index contributed by atoms with van der Waals surface area (Å²) in [6, 6.07) is 4.91. The highest BCUT2D eigenvalue weighted by molar-refractivity contribution is 5.96. The van der Waals surface area contributed by atoms with Gasteiger partial charge in [0.05, 0.1) is 32.6 Å². The minimum atomic E-state index is -0.331. The summed E-state index contributed by atoms with van der Waals surface area (Å²) < 4.78 is 10.5. The topological polar surface area (TPSA) is 100 Å². The second-order valence-electron chi connectivity index (χ2n) is 6.56. The molecule has 0 saturated carbocycles. The van der Waals surface area contributed by atoms with Gasteiger partial charge in [0.15, 0.2) is 0 Å². The average molecular weight is 379 g/mol. The number of methoxy groups -OCH3 is 2. The molecule has 1 aromatic carbocycles. The normalized spacial score (nSPS) is 16.4. The predicted molar refractivity (Wildman–Crippen MR) is 102 cm³/mol. The van der Waals surface area contributed by atoms with Crippen molar-refractivity contribution in [2.24, 2.45) is 5.92 Å². The van der Waals surface area contributed by atoms with Crippen LogP contribution < -0.4 is 20.1 Å². The number of amides is 2. The van der Waals surface area contributed by atoms with E-state index in [4.69, 9.17) is 14.6 Å². The van der Waals surface area contributed by atoms with Gasteiger partial charge >= 0.3 is 0 Å². The molecule has 8 nitrogen and oxygen atoms in total. The number of likely N-dealkylation sites (tertiary alicyclic amines) is 1. The molecule has 0 aromatic heterocycles. The van der Waals surface area contributed by atoms with Crippen LogP contribution in [0.1, 0.15) is 19.8 Å². The Kier molecular flexibility index (Phi) is 7.87. The summed E-state index contributed by atoms with van der Waals surface area (Å²) in [7, 11) is 3.12. The number of ether oxygens (including phenoxy) is 2. The maximum atomic E-state index is 12.7. The Morgan fingerprint density at radius 3 is 2.56 bits per heavy atom. The number of rotatable bonds is 8. The van der Waals surface area contributed by atoms with Crippen LogP contribution in [0.15, 0.2) is 18.2 Å². The highest BCUT2D eigenvalue weighted by Gasteiger charge is 2.30. The molecule has 2 amide bonds. The molecule has 0 radical (unpaired) electrons. The molecule has 1 aliphatic heterocycles. The van der Waals surface area contributed by atoms with Crippen molar-refractivity contribution in [3.05, 3.63) is 18.2 Å². The van der Waals surface area contributed by atoms with Crippen LogP contribution in [0.25, 0.3) is 0 Å². The highest BCUT2D eigenvalue weighted by Crippen LogP contribution is 2.29. The van der Waals surface area contributed by atoms with Crippen molar-refractivity contribution in [2.45, 2.75) is 25.8 Å². The van der Waals surface area contributed by atoms with E-state index in [2.05, 4.69) is 15.5 Å². The van der Waals surface area contributed by atoms with Gasteiger partial charge in [-0.1, -0.05) is 0 Å². The van der Waals surface area contributed by atoms with Crippen LogP contribution in [0, 0.1) is 5.92 Å². The first-order chi connectivity index (χ1) is 13.0. The third kappa shape index (κ3) is 5.58. The second kappa shape index (κ2) is 10.1. The number of carbonyl (C=O) groups excluding carboxylic acids is 2. The average Bonchev–Trinajstić information content (AvgIpc) is 2.71. The summed E-state index contributed by atoms with van der Waals surface area (Å²) >= 11 is 0. The van der Waals surface area contributed by atoms with E-state index in [0.29, 0.717) is 43.1 Å². The molecule has 1 atom stereocenters. The molecule has 1 saturated heterocycles. The number of carbonyl (C=O) groups is 2. The largest absolute Gasteiger partial charge is 0.497 e. The molecule has 8 heteroatoms. The van der Waals surface area contributed by atoms with Gasteiger partial charge in [0.25, 0.3) is 0 Å². The van der Waals surface area contributed by atoms with Crippen molar-refractivity contribution in [1.82, 2.24) is 10.2 Å². The monoisotopic (exact) mass is 379 g/mol. The van der Waals surface area contributed by atoms with Crippen LogP contribution in [0.4, 0.5) is 5.69 Å². The standard InChI is InChI=1S/C19H29N3O5/c1-13(22-9-6-14(7-10-22)19(25)20-8-11-23)18(24)21-16-12-15(26-2)4-5-17(16)27-3/h4-5,12-14,23H,6-11H2,1-3H3,(H,20,25)(H,21,24)/t13-/m0/s1. The van der Waals surface area contributed by atoms with Crippen molar-refractivity contribution in [3.8, 4) is 11.5 Å². The van der Waals surface area contributed by atoms with Crippen LogP contribution >= 0.6 is 0 Å². The number of hydrogen-bond donors (Lipinski definition) is 3. The summed E-state index contributed by atoms with van der Waals surface area (Å²) in [5.41, 5.74) is 0.562. The zero-order valence-electron chi connectivity index (χ0n) is 16.2. The van der Waals surface area contributed by atoms with Gasteiger partial charge < -0.3 is 25.2 Å². The lowest BCUT2D eigenvalue weighted by atomic mass is 9.95. The van der Waals surface area contributed by atoms with Crippen molar-refractivity contribution in [2.75, 3.05) is 45.8 Å². The third-order valence-corrected chi connectivity index (χ3v) is 4.90. The number of aliphatic hydroxyl groups excluding tert-OH is 1. The van der Waals surface area contributed by atoms with E-state index in [1.54, 1.807) is 32.4 Å². The molecule has 1 aromatic rings. The molecular weight excluding hydrogens is 350 g/mol. The lowest BCUT2D eigenvalue weighted by molar-refractivity contribution is -0.127. The van der Waals surface area contributed by atoms with Gasteiger partial charge in [-0.2, -0.15) is 0 Å². The zero-order chi connectivity index (χ0) is 19.8. The molecule has 0 spiro atoms. The fraction of sp³-hybridized carbons (Fsp3) is 0.579. The first-order valence-electron chi connectivity index (χ1n) is 9.15. The summed E-state index contributed by atoms with van der Waals surface area (Å²) in [5, 5.41) is 14.4. The van der Waals surface area contributed by atoms with Crippen molar-refractivity contribution >= 4 is 17.5 Å². The van der Waals surface area contributed by atoms with Gasteiger partial charge in [0, 0.05) is 18.5 Å². The molecule has 1 aliphatic rings. The first-order valence-corrected chi connectivity index (χ1v) is 9.15. The number of nitrogens with one attached hydrogen (secondary N) is 2. The quantitative estimate of drug-likeness (QED) is 0.619. The summed E-state index contributed by atoms with van der Waals surface area (Å²) in [4.78, 5) is 26.7. The second-order valence-corrected chi connectivity index (χ2v) is 6.56. The van der Waals surface area contributed by atoms with E-state index >= 15 is 0 Å². The summed E-state index contributed by atoms with van der Waals surface area (Å²) in [6.45, 7) is 3.41. The molecular formula is C19H29N3O5. The lowest BCUT2D eigenvalue weighted by Gasteiger charge is -2.34. The fourth-order valence-corrected chi connectivity index (χ4v) is 3.19. The van der Waals surface area contributed by atoms with Crippen LogP contribution in [0.3, 0.4) is 0 Å². The first kappa shape index (κ1) is 21.0. The van der Waals surface area contributed by atoms with Crippen molar-refractivity contribution in [3.63, 3.8) is 0 Å². The molecule has 0 aliphatic carbocycles. The lowest BCUT2D eigenvalue weighted by Crippen LogP contribution is -2.48. The van der Waals surface area contributed by atoms with E-state index in [9.17, 15) is 9.59 Å². The van der Waals surface area contributed by atoms with Crippen LogP contribution in [-0.4, -0.2) is 68.3 Å². The maximum Gasteiger partial charge on any atom is 0.241 e. The van der Waals surface area contributed by atoms with Gasteiger partial charge in [0.1, 0.15) is 11.5 Å². The Labute approximate surface area is 159 Å². The van der Waals surface area contributed by atoms with Crippen LogP contribution in [-0.2, 0) is 9.59 Å². The number of anilines is 1. The molecule has 2 rings (SSSR count). The molecule has 150 valence electrons. The van der Waals surface area contributed by atoms with Gasteiger partial charge in [0.2, 0.25) is 11.8 Å². The fourth-order valence-electron chi connectivity index (χ4n) is 3.19. The Hall–Kier alpha value is -2.32. The van der Waals surface area contributed by atoms with Gasteiger partial charge in [-0.25, -0.2) is 0 Å². The molecule has 0 unspecified atom stereocenters. The molecule has 27 heavy (non-hydrogen) atoms. The number of piperidine rings is 1. The van der Waals surface area contributed by atoms with Gasteiger partial charge in [-0.05, 0) is 45.0 Å². The number of nitrogens with zero attached hydrogens (tertiary/aromatic N) is 1. The molecule has 1 heterocycles. The van der Waals surface area contributed by atoms with E-state index < -0.39 is 0 Å². The molecule has 0 bridgehead atoms. The number of hydrogen-bond acceptors (Lipinski definition) is 6. The van der Waals surface area contributed by atoms with Crippen molar-refractivity contribution < 1.29 is 24.2 Å². The molecule has 1 fully saturated rings. The van der Waals surface area contributed by atoms with E-state index in [-0.39, 0.29) is 36.9 Å². The predicted octanol–water partition coefficient (Wildman–Crippen LogP) is 0.851. The summed E-state index contributed by atoms with van der Waals surface area (Å²) in [5.74, 6) is 0.970. The number of benzene rings is 1. The maximum absolute atomic E-state index is 12.7. The third-order valence-electron chi connectivity index (χ3n) is 4.90. The minimum Gasteiger partial charge on any atom is -0.497 e. The highest BCUT2D eigenvalue weighted by atomic mass is 16.5. The zero-order valence-corrected chi connectivity index (χ0v) is 16.2. The smallest absolute Gasteiger partial charge is 0.241 e.